The van der Waals surface area contributed by atoms with Gasteiger partial charge in [-0.2, -0.15) is 0 Å². The molecule has 1 heterocycles. The minimum absolute atomic E-state index is 0.280. The number of anilines is 1. The molecule has 112 valence electrons. The van der Waals surface area contributed by atoms with Crippen molar-refractivity contribution in [2.75, 3.05) is 18.4 Å². The Morgan fingerprint density at radius 2 is 2.10 bits per heavy atom. The molecule has 1 aliphatic carbocycles. The Bertz CT molecular complexity index is 548. The Labute approximate surface area is 125 Å². The van der Waals surface area contributed by atoms with E-state index in [9.17, 15) is 4.79 Å². The van der Waals surface area contributed by atoms with E-state index in [2.05, 4.69) is 10.3 Å². The van der Waals surface area contributed by atoms with Crippen LogP contribution < -0.4 is 11.1 Å². The van der Waals surface area contributed by atoms with E-state index >= 15 is 0 Å². The van der Waals surface area contributed by atoms with Crippen molar-refractivity contribution in [2.45, 2.75) is 32.2 Å². The number of nitrogens with one attached hydrogen (secondary N) is 1. The Morgan fingerprint density at radius 1 is 1.38 bits per heavy atom. The zero-order valence-electron chi connectivity index (χ0n) is 12.4. The number of nitrogens with two attached hydrogens (primary N) is 1. The molecule has 5 heteroatoms. The van der Waals surface area contributed by atoms with Crippen LogP contribution in [-0.4, -0.2) is 35.9 Å². The molecule has 1 atom stereocenters. The van der Waals surface area contributed by atoms with Crippen LogP contribution in [-0.2, 0) is 4.79 Å². The standard InChI is InChI=1S/C16H22N4O/c1-11-2-4-13(5-3-11)19-16(17)18-9-12-8-15(21)20(10-12)14-6-7-14/h2-5,12,14H,6-10H2,1H3,(H3,17,18,19). The summed E-state index contributed by atoms with van der Waals surface area (Å²) in [7, 11) is 0. The van der Waals surface area contributed by atoms with Gasteiger partial charge in [-0.25, -0.2) is 0 Å². The van der Waals surface area contributed by atoms with E-state index in [0.29, 0.717) is 30.9 Å². The van der Waals surface area contributed by atoms with Crippen LogP contribution in [0.5, 0.6) is 0 Å². The minimum Gasteiger partial charge on any atom is -0.370 e. The van der Waals surface area contributed by atoms with Gasteiger partial charge >= 0.3 is 0 Å². The van der Waals surface area contributed by atoms with Crippen LogP contribution >= 0.6 is 0 Å². The third-order valence-corrected chi connectivity index (χ3v) is 4.07. The first-order valence-electron chi connectivity index (χ1n) is 7.55. The summed E-state index contributed by atoms with van der Waals surface area (Å²) in [5.41, 5.74) is 8.05. The normalized spacial score (nSPS) is 22.7. The van der Waals surface area contributed by atoms with Gasteiger partial charge in [0.2, 0.25) is 5.91 Å². The highest BCUT2D eigenvalue weighted by Gasteiger charge is 2.38. The SMILES string of the molecule is Cc1ccc(NC(N)=NCC2CC(=O)N(C3CC3)C2)cc1. The summed E-state index contributed by atoms with van der Waals surface area (Å²) in [6.45, 7) is 3.49. The minimum atomic E-state index is 0.280. The van der Waals surface area contributed by atoms with Crippen molar-refractivity contribution in [1.29, 1.82) is 0 Å². The molecule has 1 aliphatic heterocycles. The van der Waals surface area contributed by atoms with Crippen molar-refractivity contribution in [1.82, 2.24) is 4.90 Å². The maximum Gasteiger partial charge on any atom is 0.223 e. The third kappa shape index (κ3) is 3.54. The van der Waals surface area contributed by atoms with Crippen LogP contribution in [0.3, 0.4) is 0 Å². The maximum absolute atomic E-state index is 11.9. The fraction of sp³-hybridized carbons (Fsp3) is 0.500. The molecule has 0 radical (unpaired) electrons. The van der Waals surface area contributed by atoms with Crippen LogP contribution in [0.25, 0.3) is 0 Å². The van der Waals surface area contributed by atoms with Crippen molar-refractivity contribution in [2.24, 2.45) is 16.6 Å². The molecule has 1 saturated carbocycles. The van der Waals surface area contributed by atoms with E-state index < -0.39 is 0 Å². The molecular weight excluding hydrogens is 264 g/mol. The number of carbonyl (C=O) groups is 1. The van der Waals surface area contributed by atoms with Crippen LogP contribution in [0, 0.1) is 12.8 Å². The number of guanidine groups is 1. The number of aliphatic imine (C=N–C) groups is 1. The highest BCUT2D eigenvalue weighted by molar-refractivity contribution is 5.92. The first-order valence-corrected chi connectivity index (χ1v) is 7.55. The van der Waals surface area contributed by atoms with E-state index in [4.69, 9.17) is 5.73 Å². The lowest BCUT2D eigenvalue weighted by atomic mass is 10.1. The second kappa shape index (κ2) is 5.76. The summed E-state index contributed by atoms with van der Waals surface area (Å²) in [6, 6.07) is 8.52. The lowest BCUT2D eigenvalue weighted by Gasteiger charge is -2.14. The third-order valence-electron chi connectivity index (χ3n) is 4.07. The van der Waals surface area contributed by atoms with Gasteiger partial charge in [0.15, 0.2) is 5.96 Å². The highest BCUT2D eigenvalue weighted by Crippen LogP contribution is 2.32. The number of rotatable bonds is 4. The van der Waals surface area contributed by atoms with Gasteiger partial charge in [-0.05, 0) is 31.9 Å². The van der Waals surface area contributed by atoms with Crippen molar-refractivity contribution in [3.63, 3.8) is 0 Å². The average molecular weight is 286 g/mol. The zero-order chi connectivity index (χ0) is 14.8. The van der Waals surface area contributed by atoms with Crippen LogP contribution in [0.1, 0.15) is 24.8 Å². The van der Waals surface area contributed by atoms with Gasteiger partial charge in [0.1, 0.15) is 0 Å². The van der Waals surface area contributed by atoms with Crippen molar-refractivity contribution >= 4 is 17.6 Å². The van der Waals surface area contributed by atoms with Gasteiger partial charge in [0.05, 0.1) is 0 Å². The van der Waals surface area contributed by atoms with Crippen LogP contribution in [0.15, 0.2) is 29.3 Å². The number of hydrogen-bond donors (Lipinski definition) is 2. The second-order valence-corrected chi connectivity index (χ2v) is 6.06. The van der Waals surface area contributed by atoms with E-state index in [1.165, 1.54) is 18.4 Å². The monoisotopic (exact) mass is 286 g/mol. The first-order chi connectivity index (χ1) is 10.1. The van der Waals surface area contributed by atoms with Crippen molar-refractivity contribution in [3.05, 3.63) is 29.8 Å². The fourth-order valence-electron chi connectivity index (χ4n) is 2.72. The molecule has 2 fully saturated rings. The van der Waals surface area contributed by atoms with Gasteiger partial charge in [-0.15, -0.1) is 0 Å². The van der Waals surface area contributed by atoms with E-state index in [1.54, 1.807) is 0 Å². The van der Waals surface area contributed by atoms with Crippen molar-refractivity contribution < 1.29 is 4.79 Å². The lowest BCUT2D eigenvalue weighted by molar-refractivity contribution is -0.128. The van der Waals surface area contributed by atoms with E-state index in [0.717, 1.165) is 12.2 Å². The number of aryl methyl sites for hydroxylation is 1. The lowest BCUT2D eigenvalue weighted by Crippen LogP contribution is -2.28. The highest BCUT2D eigenvalue weighted by atomic mass is 16.2. The summed E-state index contributed by atoms with van der Waals surface area (Å²) in [4.78, 5) is 18.3. The molecule has 0 spiro atoms. The quantitative estimate of drug-likeness (QED) is 0.654. The zero-order valence-corrected chi connectivity index (χ0v) is 12.4. The molecule has 1 unspecified atom stereocenters. The number of nitrogens with zero attached hydrogens (tertiary/aromatic N) is 2. The van der Waals surface area contributed by atoms with Crippen LogP contribution in [0.4, 0.5) is 5.69 Å². The molecule has 1 aromatic rings. The van der Waals surface area contributed by atoms with Gasteiger partial charge in [0, 0.05) is 37.2 Å². The number of amides is 1. The number of carbonyl (C=O) groups excluding carboxylic acids is 1. The summed E-state index contributed by atoms with van der Waals surface area (Å²) in [6.07, 6.45) is 2.94. The summed E-state index contributed by atoms with van der Waals surface area (Å²) in [5.74, 6) is 0.996. The van der Waals surface area contributed by atoms with Gasteiger partial charge < -0.3 is 16.0 Å². The van der Waals surface area contributed by atoms with Crippen molar-refractivity contribution in [3.8, 4) is 0 Å². The van der Waals surface area contributed by atoms with Gasteiger partial charge in [-0.3, -0.25) is 9.79 Å². The predicted molar refractivity (Wildman–Crippen MR) is 84.1 cm³/mol. The Morgan fingerprint density at radius 3 is 2.76 bits per heavy atom. The second-order valence-electron chi connectivity index (χ2n) is 6.06. The smallest absolute Gasteiger partial charge is 0.223 e. The van der Waals surface area contributed by atoms with E-state index in [1.807, 2.05) is 36.1 Å². The molecule has 3 N–H and O–H groups in total. The molecule has 5 nitrogen and oxygen atoms in total. The average Bonchev–Trinajstić information content (AvgIpc) is 3.23. The molecule has 1 saturated heterocycles. The molecule has 0 aromatic heterocycles. The number of hydrogen-bond acceptors (Lipinski definition) is 2. The largest absolute Gasteiger partial charge is 0.370 e. The molecule has 0 bridgehead atoms. The number of likely N-dealkylation sites (tertiary alicyclic amines) is 1. The van der Waals surface area contributed by atoms with Gasteiger partial charge in [0.25, 0.3) is 0 Å². The molecule has 1 amide bonds. The Hall–Kier alpha value is -2.04. The Balaban J connectivity index is 1.51. The molecule has 21 heavy (non-hydrogen) atoms. The molecule has 2 aliphatic rings. The Kier molecular flexibility index (Phi) is 3.82. The fourth-order valence-corrected chi connectivity index (χ4v) is 2.72. The summed E-state index contributed by atoms with van der Waals surface area (Å²) >= 11 is 0. The molecule has 1 aromatic carbocycles. The maximum atomic E-state index is 11.9. The molecule has 3 rings (SSSR count). The summed E-state index contributed by atoms with van der Waals surface area (Å²) < 4.78 is 0. The van der Waals surface area contributed by atoms with Crippen LogP contribution in [0.2, 0.25) is 0 Å². The predicted octanol–water partition coefficient (Wildman–Crippen LogP) is 1.73. The first kappa shape index (κ1) is 13.9. The summed E-state index contributed by atoms with van der Waals surface area (Å²) in [5, 5.41) is 3.08. The topological polar surface area (TPSA) is 70.7 Å². The van der Waals surface area contributed by atoms with Gasteiger partial charge in [-0.1, -0.05) is 17.7 Å². The van der Waals surface area contributed by atoms with E-state index in [-0.39, 0.29) is 5.91 Å². The molecular formula is C16H22N4O. The number of benzene rings is 1.